The Morgan fingerprint density at radius 1 is 1.21 bits per heavy atom. The standard InChI is InChI=1S/C20H22N6O2/c1-14-4-3-5-15-12-16(20(27)23-18(14)15)19-21-7-9-25(19)8-6-17-24-22-13-26(17)10-11-28-2/h3-5,7,9,12-13H,6,8,10-11H2,1-2H3,(H,23,27). The molecule has 4 aromatic rings. The third-order valence-corrected chi connectivity index (χ3v) is 4.85. The number of nitrogens with one attached hydrogen (secondary N) is 1. The quantitative estimate of drug-likeness (QED) is 0.532. The fraction of sp³-hybridized carbons (Fsp3) is 0.300. The smallest absolute Gasteiger partial charge is 0.259 e. The van der Waals surface area contributed by atoms with Crippen LogP contribution >= 0.6 is 0 Å². The summed E-state index contributed by atoms with van der Waals surface area (Å²) < 4.78 is 9.08. The first-order valence-corrected chi connectivity index (χ1v) is 9.17. The van der Waals surface area contributed by atoms with Gasteiger partial charge in [0.1, 0.15) is 18.0 Å². The molecule has 8 nitrogen and oxygen atoms in total. The lowest BCUT2D eigenvalue weighted by atomic mass is 10.1. The van der Waals surface area contributed by atoms with E-state index in [0.717, 1.165) is 22.3 Å². The highest BCUT2D eigenvalue weighted by atomic mass is 16.5. The third-order valence-electron chi connectivity index (χ3n) is 4.85. The molecule has 4 rings (SSSR count). The van der Waals surface area contributed by atoms with Gasteiger partial charge in [-0.25, -0.2) is 4.98 Å². The number of aryl methyl sites for hydroxylation is 3. The third kappa shape index (κ3) is 3.46. The highest BCUT2D eigenvalue weighted by Crippen LogP contribution is 2.20. The van der Waals surface area contributed by atoms with Gasteiger partial charge in [-0.2, -0.15) is 0 Å². The zero-order valence-corrected chi connectivity index (χ0v) is 15.9. The average Bonchev–Trinajstić information content (AvgIpc) is 3.34. The summed E-state index contributed by atoms with van der Waals surface area (Å²) in [7, 11) is 1.67. The SMILES string of the molecule is COCCn1cnnc1CCn1ccnc1-c1cc2cccc(C)c2[nH]c1=O. The number of aromatic nitrogens is 6. The van der Waals surface area contributed by atoms with E-state index in [-0.39, 0.29) is 5.56 Å². The molecule has 144 valence electrons. The lowest BCUT2D eigenvalue weighted by Gasteiger charge is -2.10. The molecule has 0 atom stereocenters. The van der Waals surface area contributed by atoms with E-state index in [0.29, 0.717) is 37.5 Å². The van der Waals surface area contributed by atoms with Gasteiger partial charge in [-0.15, -0.1) is 10.2 Å². The monoisotopic (exact) mass is 378 g/mol. The Kier molecular flexibility index (Phi) is 5.03. The van der Waals surface area contributed by atoms with E-state index >= 15 is 0 Å². The van der Waals surface area contributed by atoms with Gasteiger partial charge >= 0.3 is 0 Å². The van der Waals surface area contributed by atoms with Crippen LogP contribution in [0.2, 0.25) is 0 Å². The van der Waals surface area contributed by atoms with Crippen molar-refractivity contribution >= 4 is 10.9 Å². The summed E-state index contributed by atoms with van der Waals surface area (Å²) in [5.74, 6) is 1.52. The number of rotatable bonds is 7. The van der Waals surface area contributed by atoms with Gasteiger partial charge in [0.25, 0.3) is 5.56 Å². The minimum absolute atomic E-state index is 0.141. The molecule has 0 saturated heterocycles. The molecule has 0 radical (unpaired) electrons. The summed E-state index contributed by atoms with van der Waals surface area (Å²) in [6.07, 6.45) is 5.98. The van der Waals surface area contributed by atoms with Crippen LogP contribution in [0.4, 0.5) is 0 Å². The van der Waals surface area contributed by atoms with Crippen LogP contribution in [0.15, 0.2) is 47.8 Å². The Morgan fingerprint density at radius 2 is 2.11 bits per heavy atom. The maximum atomic E-state index is 12.7. The Morgan fingerprint density at radius 3 is 2.96 bits per heavy atom. The van der Waals surface area contributed by atoms with Crippen molar-refractivity contribution in [2.45, 2.75) is 26.4 Å². The number of aromatic amines is 1. The summed E-state index contributed by atoms with van der Waals surface area (Å²) in [5.41, 5.74) is 2.32. The van der Waals surface area contributed by atoms with Crippen LogP contribution in [0.1, 0.15) is 11.4 Å². The minimum Gasteiger partial charge on any atom is -0.383 e. The Hall–Kier alpha value is -3.26. The summed E-state index contributed by atoms with van der Waals surface area (Å²) in [6.45, 7) is 3.94. The number of ether oxygens (including phenoxy) is 1. The molecular weight excluding hydrogens is 356 g/mol. The Balaban J connectivity index is 1.62. The minimum atomic E-state index is -0.141. The first-order chi connectivity index (χ1) is 13.7. The van der Waals surface area contributed by atoms with E-state index in [1.165, 1.54) is 0 Å². The highest BCUT2D eigenvalue weighted by molar-refractivity contribution is 5.84. The van der Waals surface area contributed by atoms with Crippen molar-refractivity contribution in [3.63, 3.8) is 0 Å². The van der Waals surface area contributed by atoms with Crippen molar-refractivity contribution in [2.75, 3.05) is 13.7 Å². The van der Waals surface area contributed by atoms with Crippen LogP contribution in [0.3, 0.4) is 0 Å². The normalized spacial score (nSPS) is 11.4. The van der Waals surface area contributed by atoms with Gasteiger partial charge in [0.2, 0.25) is 0 Å². The molecule has 1 aromatic carbocycles. The van der Waals surface area contributed by atoms with Crippen molar-refractivity contribution in [3.8, 4) is 11.4 Å². The van der Waals surface area contributed by atoms with Crippen LogP contribution in [-0.2, 0) is 24.2 Å². The lowest BCUT2D eigenvalue weighted by molar-refractivity contribution is 0.186. The van der Waals surface area contributed by atoms with Crippen molar-refractivity contribution in [1.82, 2.24) is 29.3 Å². The van der Waals surface area contributed by atoms with Gasteiger partial charge < -0.3 is 18.9 Å². The number of H-pyrrole nitrogens is 1. The lowest BCUT2D eigenvalue weighted by Crippen LogP contribution is -2.14. The number of benzene rings is 1. The number of imidazole rings is 1. The fourth-order valence-corrected chi connectivity index (χ4v) is 3.35. The molecule has 1 N–H and O–H groups in total. The van der Waals surface area contributed by atoms with Gasteiger partial charge in [0.15, 0.2) is 0 Å². The van der Waals surface area contributed by atoms with Crippen LogP contribution in [0.5, 0.6) is 0 Å². The number of methoxy groups -OCH3 is 1. The van der Waals surface area contributed by atoms with E-state index < -0.39 is 0 Å². The maximum absolute atomic E-state index is 12.7. The van der Waals surface area contributed by atoms with E-state index in [2.05, 4.69) is 20.2 Å². The molecule has 3 heterocycles. The molecule has 0 fully saturated rings. The van der Waals surface area contributed by atoms with Crippen LogP contribution in [0, 0.1) is 6.92 Å². The molecule has 0 aliphatic carbocycles. The van der Waals surface area contributed by atoms with Gasteiger partial charge in [-0.1, -0.05) is 18.2 Å². The van der Waals surface area contributed by atoms with Crippen LogP contribution in [0.25, 0.3) is 22.3 Å². The molecule has 0 aliphatic heterocycles. The van der Waals surface area contributed by atoms with Crippen molar-refractivity contribution in [2.24, 2.45) is 0 Å². The van der Waals surface area contributed by atoms with E-state index in [1.54, 1.807) is 19.6 Å². The number of hydrogen-bond donors (Lipinski definition) is 1. The molecule has 8 heteroatoms. The van der Waals surface area contributed by atoms with Gasteiger partial charge in [0, 0.05) is 39.0 Å². The van der Waals surface area contributed by atoms with Crippen molar-refractivity contribution < 1.29 is 4.74 Å². The predicted molar refractivity (Wildman–Crippen MR) is 106 cm³/mol. The number of nitrogens with zero attached hydrogens (tertiary/aromatic N) is 5. The summed E-state index contributed by atoms with van der Waals surface area (Å²) >= 11 is 0. The number of hydrogen-bond acceptors (Lipinski definition) is 5. The second-order valence-electron chi connectivity index (χ2n) is 6.68. The second-order valence-corrected chi connectivity index (χ2v) is 6.68. The second kappa shape index (κ2) is 7.77. The molecule has 3 aromatic heterocycles. The molecule has 0 bridgehead atoms. The van der Waals surface area contributed by atoms with Gasteiger partial charge in [0.05, 0.1) is 17.7 Å². The largest absolute Gasteiger partial charge is 0.383 e. The topological polar surface area (TPSA) is 90.6 Å². The molecule has 0 amide bonds. The summed E-state index contributed by atoms with van der Waals surface area (Å²) in [6, 6.07) is 7.87. The van der Waals surface area contributed by atoms with Gasteiger partial charge in [-0.3, -0.25) is 4.79 Å². The van der Waals surface area contributed by atoms with Crippen LogP contribution < -0.4 is 5.56 Å². The summed E-state index contributed by atoms with van der Waals surface area (Å²) in [4.78, 5) is 20.1. The van der Waals surface area contributed by atoms with E-state index in [9.17, 15) is 4.79 Å². The predicted octanol–water partition coefficient (Wildman–Crippen LogP) is 2.18. The van der Waals surface area contributed by atoms with E-state index in [1.807, 2.05) is 46.5 Å². The Bertz CT molecular complexity index is 1160. The number of fused-ring (bicyclic) bond motifs is 1. The molecule has 0 unspecified atom stereocenters. The molecule has 28 heavy (non-hydrogen) atoms. The fourth-order valence-electron chi connectivity index (χ4n) is 3.35. The average molecular weight is 378 g/mol. The van der Waals surface area contributed by atoms with Crippen LogP contribution in [-0.4, -0.2) is 43.0 Å². The van der Waals surface area contributed by atoms with E-state index in [4.69, 9.17) is 4.74 Å². The zero-order valence-electron chi connectivity index (χ0n) is 15.9. The van der Waals surface area contributed by atoms with Crippen molar-refractivity contribution in [1.29, 1.82) is 0 Å². The molecule has 0 spiro atoms. The molecule has 0 aliphatic rings. The van der Waals surface area contributed by atoms with Gasteiger partial charge in [-0.05, 0) is 23.9 Å². The number of pyridine rings is 1. The van der Waals surface area contributed by atoms with Crippen molar-refractivity contribution in [3.05, 3.63) is 64.7 Å². The number of para-hydroxylation sites is 1. The molecular formula is C20H22N6O2. The summed E-state index contributed by atoms with van der Waals surface area (Å²) in [5, 5.41) is 9.17. The Labute approximate surface area is 161 Å². The maximum Gasteiger partial charge on any atom is 0.259 e. The highest BCUT2D eigenvalue weighted by Gasteiger charge is 2.13. The first-order valence-electron chi connectivity index (χ1n) is 9.17. The zero-order chi connectivity index (χ0) is 19.5. The first kappa shape index (κ1) is 18.1. The molecule has 0 saturated carbocycles.